The molecule has 1 N–H and O–H groups in total. The molecule has 0 saturated carbocycles. The fraction of sp³-hybridized carbons (Fsp3) is 0.381. The standard InChI is InChI=1S/C21H25N3O7S/c1-4-18(23(32(3,28)29)16-6-5-7-17(13-16)24(26)27)21(25)22-14(2)15-8-9-19-20(12-15)31-11-10-30-19/h5-9,12-14,18H,4,10-11H2,1-3H3,(H,22,25)/t14-,18+/m0/s1. The number of carbonyl (C=O) groups excluding carboxylic acids is 1. The van der Waals surface area contributed by atoms with Gasteiger partial charge in [-0.25, -0.2) is 8.42 Å². The maximum Gasteiger partial charge on any atom is 0.271 e. The van der Waals surface area contributed by atoms with Crippen LogP contribution in [0.1, 0.15) is 31.9 Å². The number of ether oxygens (including phenoxy) is 2. The number of nitro groups is 1. The van der Waals surface area contributed by atoms with Gasteiger partial charge in [0.2, 0.25) is 15.9 Å². The van der Waals surface area contributed by atoms with E-state index in [1.807, 2.05) is 0 Å². The molecule has 2 aromatic carbocycles. The summed E-state index contributed by atoms with van der Waals surface area (Å²) in [6.45, 7) is 4.35. The molecule has 2 atom stereocenters. The molecule has 1 heterocycles. The third kappa shape index (κ3) is 5.10. The number of sulfonamides is 1. The predicted octanol–water partition coefficient (Wildman–Crippen LogP) is 2.79. The maximum absolute atomic E-state index is 13.1. The van der Waals surface area contributed by atoms with Crippen LogP contribution in [0.4, 0.5) is 11.4 Å². The number of nitrogens with one attached hydrogen (secondary N) is 1. The van der Waals surface area contributed by atoms with Crippen molar-refractivity contribution in [2.75, 3.05) is 23.8 Å². The van der Waals surface area contributed by atoms with Gasteiger partial charge in [0, 0.05) is 12.1 Å². The molecule has 3 rings (SSSR count). The van der Waals surface area contributed by atoms with Gasteiger partial charge in [-0.1, -0.05) is 19.1 Å². The first-order valence-corrected chi connectivity index (χ1v) is 11.9. The van der Waals surface area contributed by atoms with Crippen LogP contribution in [0.25, 0.3) is 0 Å². The van der Waals surface area contributed by atoms with Crippen LogP contribution in [0.15, 0.2) is 42.5 Å². The van der Waals surface area contributed by atoms with Crippen molar-refractivity contribution in [3.8, 4) is 11.5 Å². The van der Waals surface area contributed by atoms with Crippen molar-refractivity contribution in [1.29, 1.82) is 0 Å². The molecule has 0 unspecified atom stereocenters. The van der Waals surface area contributed by atoms with Crippen LogP contribution in [0.5, 0.6) is 11.5 Å². The number of hydrogen-bond donors (Lipinski definition) is 1. The van der Waals surface area contributed by atoms with E-state index >= 15 is 0 Å². The zero-order valence-electron chi connectivity index (χ0n) is 18.0. The first-order chi connectivity index (χ1) is 15.1. The van der Waals surface area contributed by atoms with E-state index in [0.717, 1.165) is 22.2 Å². The highest BCUT2D eigenvalue weighted by molar-refractivity contribution is 7.92. The topological polar surface area (TPSA) is 128 Å². The van der Waals surface area contributed by atoms with Gasteiger partial charge in [-0.15, -0.1) is 0 Å². The SMILES string of the molecule is CC[C@H](C(=O)N[C@@H](C)c1ccc2c(c1)OCCO2)N(c1cccc([N+](=O)[O-])c1)S(C)(=O)=O. The number of nitrogens with zero attached hydrogens (tertiary/aromatic N) is 2. The van der Waals surface area contributed by atoms with E-state index in [4.69, 9.17) is 9.47 Å². The van der Waals surface area contributed by atoms with Crippen LogP contribution in [0.2, 0.25) is 0 Å². The van der Waals surface area contributed by atoms with Crippen molar-refractivity contribution in [3.05, 3.63) is 58.1 Å². The summed E-state index contributed by atoms with van der Waals surface area (Å²) in [5, 5.41) is 14.0. The Hall–Kier alpha value is -3.34. The van der Waals surface area contributed by atoms with E-state index in [0.29, 0.717) is 24.7 Å². The van der Waals surface area contributed by atoms with Crippen LogP contribution >= 0.6 is 0 Å². The third-order valence-electron chi connectivity index (χ3n) is 5.05. The number of carbonyl (C=O) groups is 1. The Balaban J connectivity index is 1.86. The normalized spacial score (nSPS) is 14.8. The molecule has 0 aliphatic carbocycles. The quantitative estimate of drug-likeness (QED) is 0.471. The molecule has 0 spiro atoms. The van der Waals surface area contributed by atoms with Gasteiger partial charge in [-0.3, -0.25) is 19.2 Å². The van der Waals surface area contributed by atoms with Crippen LogP contribution in [-0.4, -0.2) is 44.8 Å². The summed E-state index contributed by atoms with van der Waals surface area (Å²) in [4.78, 5) is 23.6. The summed E-state index contributed by atoms with van der Waals surface area (Å²) >= 11 is 0. The Morgan fingerprint density at radius 2 is 1.88 bits per heavy atom. The van der Waals surface area contributed by atoms with Gasteiger partial charge in [0.05, 0.1) is 22.9 Å². The van der Waals surface area contributed by atoms with Gasteiger partial charge in [0.1, 0.15) is 19.3 Å². The molecule has 0 aromatic heterocycles. The highest BCUT2D eigenvalue weighted by Gasteiger charge is 2.33. The fourth-order valence-corrected chi connectivity index (χ4v) is 4.73. The molecule has 11 heteroatoms. The summed E-state index contributed by atoms with van der Waals surface area (Å²) < 4.78 is 37.2. The lowest BCUT2D eigenvalue weighted by Gasteiger charge is -2.31. The lowest BCUT2D eigenvalue weighted by Crippen LogP contribution is -2.49. The number of anilines is 1. The highest BCUT2D eigenvalue weighted by Crippen LogP contribution is 2.33. The molecule has 0 fully saturated rings. The number of fused-ring (bicyclic) bond motifs is 1. The second-order valence-corrected chi connectivity index (χ2v) is 9.25. The van der Waals surface area contributed by atoms with E-state index in [-0.39, 0.29) is 17.8 Å². The van der Waals surface area contributed by atoms with Crippen molar-refractivity contribution < 1.29 is 27.6 Å². The van der Waals surface area contributed by atoms with E-state index in [2.05, 4.69) is 5.32 Å². The Kier molecular flexibility index (Phi) is 6.87. The minimum atomic E-state index is -3.92. The minimum absolute atomic E-state index is 0.0516. The average molecular weight is 464 g/mol. The van der Waals surface area contributed by atoms with Crippen molar-refractivity contribution >= 4 is 27.3 Å². The molecule has 172 valence electrons. The first kappa shape index (κ1) is 23.3. The van der Waals surface area contributed by atoms with Crippen LogP contribution in [0.3, 0.4) is 0 Å². The monoisotopic (exact) mass is 463 g/mol. The molecule has 2 aromatic rings. The van der Waals surface area contributed by atoms with Crippen molar-refractivity contribution in [1.82, 2.24) is 5.32 Å². The van der Waals surface area contributed by atoms with Gasteiger partial charge in [0.25, 0.3) is 5.69 Å². The Bertz CT molecular complexity index is 1120. The van der Waals surface area contributed by atoms with Crippen molar-refractivity contribution in [2.24, 2.45) is 0 Å². The second-order valence-electron chi connectivity index (χ2n) is 7.39. The van der Waals surface area contributed by atoms with Crippen molar-refractivity contribution in [2.45, 2.75) is 32.4 Å². The van der Waals surface area contributed by atoms with Crippen LogP contribution < -0.4 is 19.1 Å². The number of benzene rings is 2. The molecule has 0 radical (unpaired) electrons. The summed E-state index contributed by atoms with van der Waals surface area (Å²) in [7, 11) is -3.92. The molecule has 1 amide bonds. The van der Waals surface area contributed by atoms with Crippen LogP contribution in [-0.2, 0) is 14.8 Å². The molecule has 0 saturated heterocycles. The lowest BCUT2D eigenvalue weighted by atomic mass is 10.1. The van der Waals surface area contributed by atoms with Crippen molar-refractivity contribution in [3.63, 3.8) is 0 Å². The Labute approximate surface area is 186 Å². The van der Waals surface area contributed by atoms with E-state index < -0.39 is 32.9 Å². The number of amides is 1. The van der Waals surface area contributed by atoms with Gasteiger partial charge < -0.3 is 14.8 Å². The average Bonchev–Trinajstić information content (AvgIpc) is 2.76. The number of rotatable bonds is 8. The summed E-state index contributed by atoms with van der Waals surface area (Å²) in [5.74, 6) is 0.682. The van der Waals surface area contributed by atoms with Gasteiger partial charge >= 0.3 is 0 Å². The summed E-state index contributed by atoms with van der Waals surface area (Å²) in [6, 6.07) is 9.00. The molecule has 32 heavy (non-hydrogen) atoms. The largest absolute Gasteiger partial charge is 0.486 e. The number of hydrogen-bond acceptors (Lipinski definition) is 7. The fourth-order valence-electron chi connectivity index (χ4n) is 3.53. The molecule has 10 nitrogen and oxygen atoms in total. The van der Waals surface area contributed by atoms with Gasteiger partial charge in [-0.2, -0.15) is 0 Å². The Morgan fingerprint density at radius 1 is 1.19 bits per heavy atom. The predicted molar refractivity (Wildman–Crippen MR) is 118 cm³/mol. The summed E-state index contributed by atoms with van der Waals surface area (Å²) in [6.07, 6.45) is 1.13. The zero-order valence-corrected chi connectivity index (χ0v) is 18.8. The van der Waals surface area contributed by atoms with Gasteiger partial charge in [-0.05, 0) is 37.1 Å². The molecular formula is C21H25N3O7S. The minimum Gasteiger partial charge on any atom is -0.486 e. The van der Waals surface area contributed by atoms with E-state index in [1.54, 1.807) is 32.0 Å². The van der Waals surface area contributed by atoms with Gasteiger partial charge in [0.15, 0.2) is 11.5 Å². The number of nitro benzene ring substituents is 1. The highest BCUT2D eigenvalue weighted by atomic mass is 32.2. The molecule has 0 bridgehead atoms. The maximum atomic E-state index is 13.1. The van der Waals surface area contributed by atoms with E-state index in [1.165, 1.54) is 18.2 Å². The lowest BCUT2D eigenvalue weighted by molar-refractivity contribution is -0.384. The second kappa shape index (κ2) is 9.43. The third-order valence-corrected chi connectivity index (χ3v) is 6.23. The molecule has 1 aliphatic rings. The first-order valence-electron chi connectivity index (χ1n) is 10.1. The zero-order chi connectivity index (χ0) is 23.5. The van der Waals surface area contributed by atoms with E-state index in [9.17, 15) is 23.3 Å². The molecule has 1 aliphatic heterocycles. The number of non-ortho nitro benzene ring substituents is 1. The summed E-state index contributed by atoms with van der Waals surface area (Å²) in [5.41, 5.74) is 0.547. The molecular weight excluding hydrogens is 438 g/mol. The Morgan fingerprint density at radius 3 is 2.50 bits per heavy atom. The van der Waals surface area contributed by atoms with Crippen LogP contribution in [0, 0.1) is 10.1 Å². The smallest absolute Gasteiger partial charge is 0.271 e.